The van der Waals surface area contributed by atoms with Gasteiger partial charge in [-0.2, -0.15) is 0 Å². The van der Waals surface area contributed by atoms with Gasteiger partial charge in [-0.15, -0.1) is 0 Å². The molecule has 2 aromatic rings. The molecule has 0 saturated heterocycles. The lowest BCUT2D eigenvalue weighted by Gasteiger charge is -2.13. The topological polar surface area (TPSA) is 49.8 Å². The van der Waals surface area contributed by atoms with Gasteiger partial charge >= 0.3 is 0 Å². The molecule has 0 aliphatic rings. The quantitative estimate of drug-likeness (QED) is 0.752. The van der Waals surface area contributed by atoms with Crippen LogP contribution in [0.15, 0.2) is 33.5 Å². The molecule has 0 bridgehead atoms. The number of halogens is 2. The van der Waals surface area contributed by atoms with Gasteiger partial charge in [0.05, 0.1) is 5.69 Å². The highest BCUT2D eigenvalue weighted by Crippen LogP contribution is 2.30. The first-order valence-electron chi connectivity index (χ1n) is 6.39. The van der Waals surface area contributed by atoms with E-state index in [-0.39, 0.29) is 0 Å². The van der Waals surface area contributed by atoms with Crippen molar-refractivity contribution in [2.45, 2.75) is 20.3 Å². The molecule has 1 heterocycles. The fraction of sp³-hybridized carbons (Fsp3) is 0.286. The Bertz CT molecular complexity index is 602. The lowest BCUT2D eigenvalue weighted by molar-refractivity contribution is 0.960. The number of benzene rings is 1. The normalized spacial score (nSPS) is 10.4. The van der Waals surface area contributed by atoms with Crippen molar-refractivity contribution in [2.75, 3.05) is 17.2 Å². The predicted octanol–water partition coefficient (Wildman–Crippen LogP) is 4.88. The first kappa shape index (κ1) is 15.3. The Balaban J connectivity index is 2.24. The molecule has 4 nitrogen and oxygen atoms in total. The number of hydrogen-bond donors (Lipinski definition) is 2. The minimum absolute atomic E-state index is 0.807. The Morgan fingerprint density at radius 1 is 1.15 bits per heavy atom. The molecule has 106 valence electrons. The third-order valence-corrected chi connectivity index (χ3v) is 3.96. The third kappa shape index (κ3) is 3.70. The largest absolute Gasteiger partial charge is 0.370 e. The summed E-state index contributed by atoms with van der Waals surface area (Å²) in [5.74, 6) is 1.68. The van der Waals surface area contributed by atoms with Crippen LogP contribution in [0.1, 0.15) is 18.9 Å². The lowest BCUT2D eigenvalue weighted by Crippen LogP contribution is -2.07. The van der Waals surface area contributed by atoms with Crippen LogP contribution in [0.2, 0.25) is 0 Å². The van der Waals surface area contributed by atoms with Gasteiger partial charge in [-0.3, -0.25) is 0 Å². The highest BCUT2D eigenvalue weighted by Gasteiger charge is 2.08. The molecule has 0 aliphatic heterocycles. The summed E-state index contributed by atoms with van der Waals surface area (Å²) in [6, 6.07) is 5.98. The van der Waals surface area contributed by atoms with Gasteiger partial charge in [0.25, 0.3) is 0 Å². The summed E-state index contributed by atoms with van der Waals surface area (Å²) in [5, 5.41) is 6.63. The fourth-order valence-electron chi connectivity index (χ4n) is 1.72. The second kappa shape index (κ2) is 7.04. The molecule has 0 aliphatic carbocycles. The third-order valence-electron chi connectivity index (χ3n) is 2.81. The molecule has 0 saturated carbocycles. The van der Waals surface area contributed by atoms with Gasteiger partial charge in [-0.25, -0.2) is 9.97 Å². The molecule has 0 fully saturated rings. The number of aromatic nitrogens is 2. The van der Waals surface area contributed by atoms with Gasteiger partial charge in [-0.05, 0) is 47.5 Å². The van der Waals surface area contributed by atoms with Crippen molar-refractivity contribution in [2.24, 2.45) is 0 Å². The van der Waals surface area contributed by atoms with Crippen molar-refractivity contribution in [3.63, 3.8) is 0 Å². The molecule has 0 atom stereocenters. The maximum absolute atomic E-state index is 4.31. The highest BCUT2D eigenvalue weighted by atomic mass is 79.9. The SMILES string of the molecule is CCCNc1ncnc(Nc2ccc(Br)cc2Br)c1C. The second-order valence-corrected chi connectivity index (χ2v) is 6.14. The van der Waals surface area contributed by atoms with E-state index in [2.05, 4.69) is 59.4 Å². The molecule has 1 aromatic heterocycles. The average molecular weight is 400 g/mol. The molecule has 6 heteroatoms. The second-order valence-electron chi connectivity index (χ2n) is 4.37. The monoisotopic (exact) mass is 398 g/mol. The van der Waals surface area contributed by atoms with Crippen LogP contribution in [0.25, 0.3) is 0 Å². The molecular weight excluding hydrogens is 384 g/mol. The summed E-state index contributed by atoms with van der Waals surface area (Å²) in [7, 11) is 0. The molecule has 1 aromatic carbocycles. The zero-order valence-electron chi connectivity index (χ0n) is 11.4. The van der Waals surface area contributed by atoms with E-state index in [0.29, 0.717) is 0 Å². The summed E-state index contributed by atoms with van der Waals surface area (Å²) in [6.07, 6.45) is 2.63. The minimum Gasteiger partial charge on any atom is -0.370 e. The standard InChI is InChI=1S/C14H16Br2N4/c1-3-6-17-13-9(2)14(19-8-18-13)20-12-5-4-10(15)7-11(12)16/h4-5,7-8H,3,6H2,1-2H3,(H2,17,18,19,20). The summed E-state index contributed by atoms with van der Waals surface area (Å²) < 4.78 is 2.01. The Labute approximate surface area is 135 Å². The summed E-state index contributed by atoms with van der Waals surface area (Å²) in [4.78, 5) is 8.58. The van der Waals surface area contributed by atoms with E-state index in [0.717, 1.165) is 44.8 Å². The van der Waals surface area contributed by atoms with Crippen molar-refractivity contribution in [3.8, 4) is 0 Å². The van der Waals surface area contributed by atoms with Crippen LogP contribution in [0.3, 0.4) is 0 Å². The van der Waals surface area contributed by atoms with Crippen LogP contribution in [-0.2, 0) is 0 Å². The predicted molar refractivity (Wildman–Crippen MR) is 90.7 cm³/mol. The Morgan fingerprint density at radius 3 is 2.60 bits per heavy atom. The van der Waals surface area contributed by atoms with Gasteiger partial charge in [-0.1, -0.05) is 22.9 Å². The molecule has 2 rings (SSSR count). The van der Waals surface area contributed by atoms with Crippen molar-refractivity contribution >= 4 is 49.2 Å². The number of anilines is 3. The van der Waals surface area contributed by atoms with Crippen LogP contribution in [-0.4, -0.2) is 16.5 Å². The van der Waals surface area contributed by atoms with Gasteiger partial charge in [0, 0.05) is 21.1 Å². The Morgan fingerprint density at radius 2 is 1.90 bits per heavy atom. The van der Waals surface area contributed by atoms with Crippen LogP contribution < -0.4 is 10.6 Å². The van der Waals surface area contributed by atoms with Gasteiger partial charge in [0.1, 0.15) is 18.0 Å². The Kier molecular flexibility index (Phi) is 5.37. The maximum atomic E-state index is 4.31. The minimum atomic E-state index is 0.807. The van der Waals surface area contributed by atoms with Crippen molar-refractivity contribution in [1.29, 1.82) is 0 Å². The van der Waals surface area contributed by atoms with E-state index in [9.17, 15) is 0 Å². The maximum Gasteiger partial charge on any atom is 0.138 e. The van der Waals surface area contributed by atoms with Crippen LogP contribution >= 0.6 is 31.9 Å². The number of nitrogens with one attached hydrogen (secondary N) is 2. The van der Waals surface area contributed by atoms with E-state index in [1.54, 1.807) is 6.33 Å². The smallest absolute Gasteiger partial charge is 0.138 e. The zero-order valence-corrected chi connectivity index (χ0v) is 14.5. The molecular formula is C14H16Br2N4. The van der Waals surface area contributed by atoms with Crippen LogP contribution in [0, 0.1) is 6.92 Å². The highest BCUT2D eigenvalue weighted by molar-refractivity contribution is 9.11. The molecule has 2 N–H and O–H groups in total. The first-order valence-corrected chi connectivity index (χ1v) is 7.98. The van der Waals surface area contributed by atoms with Crippen molar-refractivity contribution in [1.82, 2.24) is 9.97 Å². The summed E-state index contributed by atoms with van der Waals surface area (Å²) in [6.45, 7) is 5.04. The van der Waals surface area contributed by atoms with E-state index in [4.69, 9.17) is 0 Å². The number of rotatable bonds is 5. The molecule has 0 radical (unpaired) electrons. The summed E-state index contributed by atoms with van der Waals surface area (Å²) in [5.41, 5.74) is 1.98. The van der Waals surface area contributed by atoms with E-state index >= 15 is 0 Å². The molecule has 20 heavy (non-hydrogen) atoms. The first-order chi connectivity index (χ1) is 9.61. The average Bonchev–Trinajstić information content (AvgIpc) is 2.42. The van der Waals surface area contributed by atoms with Crippen LogP contribution in [0.4, 0.5) is 17.3 Å². The Hall–Kier alpha value is -1.14. The van der Waals surface area contributed by atoms with Gasteiger partial charge < -0.3 is 10.6 Å². The molecule has 0 spiro atoms. The lowest BCUT2D eigenvalue weighted by atomic mass is 10.2. The fourth-order valence-corrected chi connectivity index (χ4v) is 2.86. The number of nitrogens with zero attached hydrogens (tertiary/aromatic N) is 2. The van der Waals surface area contributed by atoms with Gasteiger partial charge in [0.2, 0.25) is 0 Å². The zero-order chi connectivity index (χ0) is 14.5. The van der Waals surface area contributed by atoms with Gasteiger partial charge in [0.15, 0.2) is 0 Å². The van der Waals surface area contributed by atoms with Crippen molar-refractivity contribution < 1.29 is 0 Å². The van der Waals surface area contributed by atoms with E-state index < -0.39 is 0 Å². The van der Waals surface area contributed by atoms with Crippen molar-refractivity contribution in [3.05, 3.63) is 39.0 Å². The molecule has 0 unspecified atom stereocenters. The van der Waals surface area contributed by atoms with Crippen LogP contribution in [0.5, 0.6) is 0 Å². The number of hydrogen-bond acceptors (Lipinski definition) is 4. The molecule has 0 amide bonds. The summed E-state index contributed by atoms with van der Waals surface area (Å²) >= 11 is 6.98. The van der Waals surface area contributed by atoms with E-state index in [1.807, 2.05) is 25.1 Å². The van der Waals surface area contributed by atoms with E-state index in [1.165, 1.54) is 0 Å².